The second-order valence-corrected chi connectivity index (χ2v) is 4.53. The minimum atomic E-state index is -0.637. The number of carbonyl (C=O) groups excluding carboxylic acids is 2. The van der Waals surface area contributed by atoms with Gasteiger partial charge in [0.25, 0.3) is 0 Å². The molecule has 1 aliphatic heterocycles. The van der Waals surface area contributed by atoms with E-state index in [1.54, 1.807) is 12.1 Å². The van der Waals surface area contributed by atoms with E-state index in [-0.39, 0.29) is 16.9 Å². The zero-order chi connectivity index (χ0) is 13.1. The molecular weight excluding hydrogens is 248 g/mol. The van der Waals surface area contributed by atoms with Gasteiger partial charge in [-0.2, -0.15) is 0 Å². The number of anilines is 1. The summed E-state index contributed by atoms with van der Waals surface area (Å²) in [4.78, 5) is 25.4. The molecule has 0 aliphatic carbocycles. The van der Waals surface area contributed by atoms with Crippen molar-refractivity contribution in [3.05, 3.63) is 30.3 Å². The van der Waals surface area contributed by atoms with Gasteiger partial charge in [0.15, 0.2) is 5.11 Å². The van der Waals surface area contributed by atoms with Gasteiger partial charge < -0.3 is 5.32 Å². The summed E-state index contributed by atoms with van der Waals surface area (Å²) in [6, 6.07) is 9.12. The van der Waals surface area contributed by atoms with Crippen LogP contribution in [0.15, 0.2) is 30.3 Å². The van der Waals surface area contributed by atoms with E-state index in [4.69, 9.17) is 12.2 Å². The van der Waals surface area contributed by atoms with Crippen molar-refractivity contribution >= 4 is 34.8 Å². The van der Waals surface area contributed by atoms with Gasteiger partial charge in [0.05, 0.1) is 5.69 Å². The molecule has 1 heterocycles. The Labute approximate surface area is 111 Å². The minimum absolute atomic E-state index is 0.156. The molecule has 2 amide bonds. The van der Waals surface area contributed by atoms with Crippen LogP contribution in [-0.4, -0.2) is 16.9 Å². The molecule has 18 heavy (non-hydrogen) atoms. The zero-order valence-electron chi connectivity index (χ0n) is 10.1. The molecule has 0 radical (unpaired) electrons. The lowest BCUT2D eigenvalue weighted by Gasteiger charge is -2.32. The van der Waals surface area contributed by atoms with E-state index in [1.165, 1.54) is 4.90 Å². The van der Waals surface area contributed by atoms with Crippen molar-refractivity contribution in [1.82, 2.24) is 5.32 Å². The molecule has 1 aromatic carbocycles. The molecular formula is C13H14N2O2S. The van der Waals surface area contributed by atoms with Crippen LogP contribution >= 0.6 is 12.2 Å². The number of nitrogens with one attached hydrogen (secondary N) is 1. The molecule has 1 aliphatic rings. The van der Waals surface area contributed by atoms with Crippen molar-refractivity contribution in [1.29, 1.82) is 0 Å². The van der Waals surface area contributed by atoms with Crippen molar-refractivity contribution in [3.63, 3.8) is 0 Å². The topological polar surface area (TPSA) is 49.4 Å². The average molecular weight is 262 g/mol. The summed E-state index contributed by atoms with van der Waals surface area (Å²) >= 11 is 5.07. The van der Waals surface area contributed by atoms with Crippen LogP contribution in [-0.2, 0) is 9.59 Å². The fourth-order valence-electron chi connectivity index (χ4n) is 1.98. The average Bonchev–Trinajstić information content (AvgIpc) is 2.35. The molecule has 1 N–H and O–H groups in total. The van der Waals surface area contributed by atoms with Gasteiger partial charge in [-0.1, -0.05) is 31.5 Å². The molecule has 4 nitrogen and oxygen atoms in total. The number of hydrogen-bond donors (Lipinski definition) is 1. The van der Waals surface area contributed by atoms with E-state index in [0.29, 0.717) is 12.1 Å². The van der Waals surface area contributed by atoms with Crippen LogP contribution < -0.4 is 10.2 Å². The Bertz CT molecular complexity index is 487. The van der Waals surface area contributed by atoms with Crippen LogP contribution in [0.4, 0.5) is 5.69 Å². The van der Waals surface area contributed by atoms with Gasteiger partial charge in [-0.15, -0.1) is 0 Å². The maximum atomic E-state index is 12.3. The van der Waals surface area contributed by atoms with E-state index in [0.717, 1.165) is 6.42 Å². The van der Waals surface area contributed by atoms with Crippen molar-refractivity contribution in [3.8, 4) is 0 Å². The Morgan fingerprint density at radius 2 is 1.94 bits per heavy atom. The molecule has 5 heteroatoms. The predicted octanol–water partition coefficient (Wildman–Crippen LogP) is 1.85. The number of benzene rings is 1. The number of hydrogen-bond acceptors (Lipinski definition) is 3. The zero-order valence-corrected chi connectivity index (χ0v) is 10.9. The molecule has 1 aromatic rings. The lowest BCUT2D eigenvalue weighted by atomic mass is 9.99. The molecule has 0 bridgehead atoms. The van der Waals surface area contributed by atoms with Crippen LogP contribution in [0.5, 0.6) is 0 Å². The van der Waals surface area contributed by atoms with E-state index in [2.05, 4.69) is 5.32 Å². The smallest absolute Gasteiger partial charge is 0.245 e. The van der Waals surface area contributed by atoms with Crippen LogP contribution in [0, 0.1) is 5.92 Å². The predicted molar refractivity (Wildman–Crippen MR) is 73.1 cm³/mol. The Morgan fingerprint density at radius 1 is 1.28 bits per heavy atom. The SMILES string of the molecule is CCC[C@@H]1C(=O)NC(=S)N(c2ccccc2)C1=O. The number of rotatable bonds is 3. The maximum Gasteiger partial charge on any atom is 0.245 e. The Morgan fingerprint density at radius 3 is 2.56 bits per heavy atom. The molecule has 0 spiro atoms. The minimum Gasteiger partial charge on any atom is -0.302 e. The number of para-hydroxylation sites is 1. The second-order valence-electron chi connectivity index (χ2n) is 4.14. The Kier molecular flexibility index (Phi) is 3.72. The highest BCUT2D eigenvalue weighted by Crippen LogP contribution is 2.22. The first-order chi connectivity index (χ1) is 8.65. The molecule has 1 fully saturated rings. The third kappa shape index (κ3) is 2.26. The molecule has 0 aromatic heterocycles. The first-order valence-corrected chi connectivity index (χ1v) is 6.29. The van der Waals surface area contributed by atoms with Gasteiger partial charge in [0.1, 0.15) is 5.92 Å². The van der Waals surface area contributed by atoms with Crippen molar-refractivity contribution in [2.24, 2.45) is 5.92 Å². The molecule has 2 rings (SSSR count). The fourth-order valence-corrected chi connectivity index (χ4v) is 2.28. The highest BCUT2D eigenvalue weighted by atomic mass is 32.1. The van der Waals surface area contributed by atoms with Crippen LogP contribution in [0.25, 0.3) is 0 Å². The first-order valence-electron chi connectivity index (χ1n) is 5.89. The number of thiocarbonyl (C=S) groups is 1. The van der Waals surface area contributed by atoms with Crippen LogP contribution in [0.3, 0.4) is 0 Å². The van der Waals surface area contributed by atoms with E-state index in [9.17, 15) is 9.59 Å². The molecule has 0 unspecified atom stereocenters. The summed E-state index contributed by atoms with van der Waals surface area (Å²) in [5.74, 6) is -1.17. The second kappa shape index (κ2) is 5.27. The normalized spacial score (nSPS) is 19.9. The van der Waals surface area contributed by atoms with Gasteiger partial charge in [-0.3, -0.25) is 14.5 Å². The number of amides is 2. The van der Waals surface area contributed by atoms with Gasteiger partial charge in [-0.25, -0.2) is 0 Å². The summed E-state index contributed by atoms with van der Waals surface area (Å²) in [5.41, 5.74) is 0.689. The lowest BCUT2D eigenvalue weighted by Crippen LogP contribution is -2.58. The van der Waals surface area contributed by atoms with Crippen molar-refractivity contribution in [2.45, 2.75) is 19.8 Å². The lowest BCUT2D eigenvalue weighted by molar-refractivity contribution is -0.133. The van der Waals surface area contributed by atoms with Crippen LogP contribution in [0.1, 0.15) is 19.8 Å². The highest BCUT2D eigenvalue weighted by Gasteiger charge is 2.38. The van der Waals surface area contributed by atoms with Gasteiger partial charge >= 0.3 is 0 Å². The van der Waals surface area contributed by atoms with Gasteiger partial charge in [-0.05, 0) is 30.8 Å². The molecule has 94 valence electrons. The van der Waals surface area contributed by atoms with E-state index < -0.39 is 5.92 Å². The largest absolute Gasteiger partial charge is 0.302 e. The van der Waals surface area contributed by atoms with Crippen molar-refractivity contribution < 1.29 is 9.59 Å². The third-order valence-electron chi connectivity index (χ3n) is 2.86. The van der Waals surface area contributed by atoms with Gasteiger partial charge in [0, 0.05) is 0 Å². The monoisotopic (exact) mass is 262 g/mol. The standard InChI is InChI=1S/C13H14N2O2S/c1-2-6-10-11(16)14-13(18)15(12(10)17)9-7-4-3-5-8-9/h3-5,7-8,10H,2,6H2,1H3,(H,14,16,18)/t10-/m1/s1. The summed E-state index contributed by atoms with van der Waals surface area (Å²) in [6.45, 7) is 1.94. The first kappa shape index (κ1) is 12.7. The Hall–Kier alpha value is -1.75. The maximum absolute atomic E-state index is 12.3. The molecule has 1 saturated heterocycles. The quantitative estimate of drug-likeness (QED) is 0.668. The van der Waals surface area contributed by atoms with Crippen LogP contribution in [0.2, 0.25) is 0 Å². The summed E-state index contributed by atoms with van der Waals surface area (Å²) in [7, 11) is 0. The fraction of sp³-hybridized carbons (Fsp3) is 0.308. The van der Waals surface area contributed by atoms with E-state index in [1.807, 2.05) is 25.1 Å². The Balaban J connectivity index is 2.32. The summed E-state index contributed by atoms with van der Waals surface area (Å²) in [6.07, 6.45) is 1.32. The molecule has 1 atom stereocenters. The van der Waals surface area contributed by atoms with E-state index >= 15 is 0 Å². The number of nitrogens with zero attached hydrogens (tertiary/aromatic N) is 1. The molecule has 0 saturated carbocycles. The number of carbonyl (C=O) groups is 2. The third-order valence-corrected chi connectivity index (χ3v) is 3.14. The van der Waals surface area contributed by atoms with Gasteiger partial charge in [0.2, 0.25) is 11.8 Å². The van der Waals surface area contributed by atoms with Crippen molar-refractivity contribution in [2.75, 3.05) is 4.90 Å². The highest BCUT2D eigenvalue weighted by molar-refractivity contribution is 7.80. The summed E-state index contributed by atoms with van der Waals surface area (Å²) < 4.78 is 0. The summed E-state index contributed by atoms with van der Waals surface area (Å²) in [5, 5.41) is 2.75.